The zero-order valence-electron chi connectivity index (χ0n) is 18.2. The summed E-state index contributed by atoms with van der Waals surface area (Å²) in [6.45, 7) is 6.62. The molecule has 7 nitrogen and oxygen atoms in total. The molecule has 170 valence electrons. The average Bonchev–Trinajstić information content (AvgIpc) is 3.09. The number of halogens is 1. The number of urea groups is 1. The third kappa shape index (κ3) is 5.36. The van der Waals surface area contributed by atoms with E-state index in [0.29, 0.717) is 28.5 Å². The number of carbonyl (C=O) groups excluding carboxylic acids is 2. The molecule has 1 aromatic carbocycles. The number of nitrogens with one attached hydrogen (secondary N) is 2. The molecule has 10 heteroatoms. The first-order chi connectivity index (χ1) is 15.3. The second-order valence-corrected chi connectivity index (χ2v) is 9.26. The highest BCUT2D eigenvalue weighted by Crippen LogP contribution is 2.36. The van der Waals surface area contributed by atoms with Crippen molar-refractivity contribution in [3.05, 3.63) is 45.3 Å². The van der Waals surface area contributed by atoms with Gasteiger partial charge in [-0.15, -0.1) is 11.3 Å². The minimum atomic E-state index is -0.529. The molecular weight excluding hydrogens is 451 g/mol. The minimum absolute atomic E-state index is 0.0473. The lowest BCUT2D eigenvalue weighted by Crippen LogP contribution is -2.40. The summed E-state index contributed by atoms with van der Waals surface area (Å²) in [6.07, 6.45) is 1.78. The number of fused-ring (bicyclic) bond motifs is 1. The normalized spacial score (nSPS) is 11.0. The van der Waals surface area contributed by atoms with Crippen LogP contribution in [0.5, 0.6) is 0 Å². The molecule has 2 aromatic heterocycles. The van der Waals surface area contributed by atoms with Crippen molar-refractivity contribution in [1.82, 2.24) is 20.2 Å². The summed E-state index contributed by atoms with van der Waals surface area (Å²) in [4.78, 5) is 43.3. The molecule has 0 bridgehead atoms. The number of hydrogen-bond acceptors (Lipinski definition) is 6. The first-order valence-electron chi connectivity index (χ1n) is 10.4. The molecular formula is C22H25FN4O3S2. The number of aryl methyl sites for hydroxylation is 1. The van der Waals surface area contributed by atoms with Crippen LogP contribution in [0.2, 0.25) is 0 Å². The van der Waals surface area contributed by atoms with Gasteiger partial charge >= 0.3 is 6.03 Å². The summed E-state index contributed by atoms with van der Waals surface area (Å²) < 4.78 is 14.9. The van der Waals surface area contributed by atoms with Crippen LogP contribution in [0.3, 0.4) is 0 Å². The fourth-order valence-corrected chi connectivity index (χ4v) is 5.19. The van der Waals surface area contributed by atoms with E-state index in [1.807, 2.05) is 20.8 Å². The van der Waals surface area contributed by atoms with E-state index in [0.717, 1.165) is 40.6 Å². The van der Waals surface area contributed by atoms with E-state index < -0.39 is 11.9 Å². The molecule has 0 aliphatic heterocycles. The van der Waals surface area contributed by atoms with Gasteiger partial charge in [-0.1, -0.05) is 37.2 Å². The van der Waals surface area contributed by atoms with Crippen molar-refractivity contribution in [2.75, 3.05) is 12.3 Å². The van der Waals surface area contributed by atoms with Crippen LogP contribution in [-0.4, -0.2) is 33.8 Å². The molecule has 0 saturated heterocycles. The van der Waals surface area contributed by atoms with Gasteiger partial charge in [-0.25, -0.2) is 14.2 Å². The predicted octanol–water partition coefficient (Wildman–Crippen LogP) is 4.31. The Balaban J connectivity index is 1.85. The van der Waals surface area contributed by atoms with Crippen LogP contribution in [0.25, 0.3) is 21.3 Å². The van der Waals surface area contributed by atoms with Crippen molar-refractivity contribution in [3.8, 4) is 11.1 Å². The van der Waals surface area contributed by atoms with Gasteiger partial charge in [0, 0.05) is 23.5 Å². The fraction of sp³-hybridized carbons (Fsp3) is 0.364. The van der Waals surface area contributed by atoms with Crippen LogP contribution >= 0.6 is 23.1 Å². The van der Waals surface area contributed by atoms with Crippen LogP contribution in [0, 0.1) is 12.7 Å². The Morgan fingerprint density at radius 1 is 1.22 bits per heavy atom. The van der Waals surface area contributed by atoms with Gasteiger partial charge in [-0.2, -0.15) is 0 Å². The maximum atomic E-state index is 13.4. The standard InChI is InChI=1S/C22H25FN4O3S2/c1-4-6-11-24-21(30)25-16(28)12-31-22-26-19-18(20(29)27(22)5-2)17(13(3)32-19)14-7-9-15(23)10-8-14/h7-10H,4-6,11-12H2,1-3H3,(H2,24,25,28,30). The van der Waals surface area contributed by atoms with Gasteiger partial charge in [-0.05, 0) is 38.0 Å². The van der Waals surface area contributed by atoms with E-state index in [-0.39, 0.29) is 17.1 Å². The number of amides is 3. The lowest BCUT2D eigenvalue weighted by Gasteiger charge is -2.11. The van der Waals surface area contributed by atoms with Crippen LogP contribution < -0.4 is 16.2 Å². The number of thioether (sulfide) groups is 1. The molecule has 0 radical (unpaired) electrons. The molecule has 0 spiro atoms. The molecule has 2 N–H and O–H groups in total. The SMILES string of the molecule is CCCCNC(=O)NC(=O)CSc1nc2sc(C)c(-c3ccc(F)cc3)c2c(=O)n1CC. The maximum Gasteiger partial charge on any atom is 0.321 e. The number of nitrogens with zero attached hydrogens (tertiary/aromatic N) is 2. The summed E-state index contributed by atoms with van der Waals surface area (Å²) in [7, 11) is 0. The van der Waals surface area contributed by atoms with Gasteiger partial charge in [0.05, 0.1) is 11.1 Å². The minimum Gasteiger partial charge on any atom is -0.338 e. The molecule has 0 fully saturated rings. The number of carbonyl (C=O) groups is 2. The van der Waals surface area contributed by atoms with Crippen molar-refractivity contribution in [3.63, 3.8) is 0 Å². The summed E-state index contributed by atoms with van der Waals surface area (Å²) in [6, 6.07) is 5.51. The number of unbranched alkanes of at least 4 members (excludes halogenated alkanes) is 1. The number of benzene rings is 1. The second-order valence-electron chi connectivity index (χ2n) is 7.11. The Hall–Kier alpha value is -2.72. The fourth-order valence-electron chi connectivity index (χ4n) is 3.25. The van der Waals surface area contributed by atoms with E-state index in [9.17, 15) is 18.8 Å². The summed E-state index contributed by atoms with van der Waals surface area (Å²) >= 11 is 2.49. The molecule has 0 aliphatic rings. The van der Waals surface area contributed by atoms with E-state index in [1.165, 1.54) is 28.0 Å². The predicted molar refractivity (Wildman–Crippen MR) is 127 cm³/mol. The van der Waals surface area contributed by atoms with E-state index >= 15 is 0 Å². The number of aromatic nitrogens is 2. The van der Waals surface area contributed by atoms with Crippen molar-refractivity contribution in [2.45, 2.75) is 45.3 Å². The Labute approximate surface area is 193 Å². The highest BCUT2D eigenvalue weighted by atomic mass is 32.2. The van der Waals surface area contributed by atoms with E-state index in [1.54, 1.807) is 12.1 Å². The van der Waals surface area contributed by atoms with Gasteiger partial charge in [-0.3, -0.25) is 19.5 Å². The molecule has 0 saturated carbocycles. The van der Waals surface area contributed by atoms with Crippen molar-refractivity contribution < 1.29 is 14.0 Å². The topological polar surface area (TPSA) is 93.1 Å². The maximum absolute atomic E-state index is 13.4. The van der Waals surface area contributed by atoms with Crippen molar-refractivity contribution in [2.24, 2.45) is 0 Å². The number of hydrogen-bond donors (Lipinski definition) is 2. The molecule has 0 atom stereocenters. The molecule has 0 unspecified atom stereocenters. The quantitative estimate of drug-likeness (QED) is 0.287. The molecule has 3 aromatic rings. The Bertz CT molecular complexity index is 1190. The smallest absolute Gasteiger partial charge is 0.321 e. The monoisotopic (exact) mass is 476 g/mol. The number of thiophene rings is 1. The number of rotatable bonds is 8. The van der Waals surface area contributed by atoms with Crippen molar-refractivity contribution >= 4 is 45.3 Å². The van der Waals surface area contributed by atoms with Gasteiger partial charge in [0.15, 0.2) is 5.16 Å². The third-order valence-electron chi connectivity index (χ3n) is 4.80. The Morgan fingerprint density at radius 3 is 2.59 bits per heavy atom. The molecule has 0 aliphatic carbocycles. The van der Waals surface area contributed by atoms with Gasteiger partial charge in [0.25, 0.3) is 5.56 Å². The number of imide groups is 1. The van der Waals surface area contributed by atoms with Crippen LogP contribution in [0.1, 0.15) is 31.6 Å². The second kappa shape index (κ2) is 10.7. The lowest BCUT2D eigenvalue weighted by atomic mass is 10.0. The van der Waals surface area contributed by atoms with Crippen LogP contribution in [0.4, 0.5) is 9.18 Å². The summed E-state index contributed by atoms with van der Waals surface area (Å²) in [5.74, 6) is -0.852. The highest BCUT2D eigenvalue weighted by Gasteiger charge is 2.20. The first-order valence-corrected chi connectivity index (χ1v) is 12.2. The molecule has 32 heavy (non-hydrogen) atoms. The zero-order chi connectivity index (χ0) is 23.3. The van der Waals surface area contributed by atoms with E-state index in [4.69, 9.17) is 0 Å². The van der Waals surface area contributed by atoms with E-state index in [2.05, 4.69) is 15.6 Å². The summed E-state index contributed by atoms with van der Waals surface area (Å²) in [5.41, 5.74) is 1.30. The van der Waals surface area contributed by atoms with Crippen LogP contribution in [-0.2, 0) is 11.3 Å². The first kappa shape index (κ1) is 23.9. The van der Waals surface area contributed by atoms with Crippen molar-refractivity contribution in [1.29, 1.82) is 0 Å². The molecule has 3 amide bonds. The lowest BCUT2D eigenvalue weighted by molar-refractivity contribution is -0.117. The van der Waals surface area contributed by atoms with Gasteiger partial charge in [0.2, 0.25) is 5.91 Å². The Kier molecular flexibility index (Phi) is 8.03. The highest BCUT2D eigenvalue weighted by molar-refractivity contribution is 7.99. The Morgan fingerprint density at radius 2 is 1.94 bits per heavy atom. The van der Waals surface area contributed by atoms with Gasteiger partial charge in [0.1, 0.15) is 10.6 Å². The van der Waals surface area contributed by atoms with Crippen LogP contribution in [0.15, 0.2) is 34.2 Å². The molecule has 3 rings (SSSR count). The average molecular weight is 477 g/mol. The largest absolute Gasteiger partial charge is 0.338 e. The molecule has 2 heterocycles. The third-order valence-corrected chi connectivity index (χ3v) is 6.78. The van der Waals surface area contributed by atoms with Gasteiger partial charge < -0.3 is 5.32 Å². The zero-order valence-corrected chi connectivity index (χ0v) is 19.8. The summed E-state index contributed by atoms with van der Waals surface area (Å²) in [5, 5.41) is 5.81.